The van der Waals surface area contributed by atoms with Crippen molar-refractivity contribution in [3.05, 3.63) is 37.1 Å². The zero-order chi connectivity index (χ0) is 15.7. The Labute approximate surface area is 141 Å². The molecule has 0 aliphatic heterocycles. The summed E-state index contributed by atoms with van der Waals surface area (Å²) in [6.07, 6.45) is 0. The van der Waals surface area contributed by atoms with Gasteiger partial charge in [-0.25, -0.2) is 13.1 Å². The molecule has 116 valence electrons. The second kappa shape index (κ2) is 6.47. The normalized spacial score (nSPS) is 12.8. The third-order valence-electron chi connectivity index (χ3n) is 3.04. The van der Waals surface area contributed by atoms with E-state index >= 15 is 0 Å². The highest BCUT2D eigenvalue weighted by molar-refractivity contribution is 9.11. The Morgan fingerprint density at radius 2 is 2.14 bits per heavy atom. The molecule has 2 aromatic rings. The highest BCUT2D eigenvalue weighted by atomic mass is 79.9. The van der Waals surface area contributed by atoms with Crippen LogP contribution in [0.25, 0.3) is 0 Å². The first-order chi connectivity index (χ1) is 9.76. The Balaban J connectivity index is 2.16. The average molecular weight is 410 g/mol. The number of hydrogen-bond donors (Lipinski definition) is 2. The third kappa shape index (κ3) is 3.94. The van der Waals surface area contributed by atoms with Gasteiger partial charge in [-0.05, 0) is 33.4 Å². The van der Waals surface area contributed by atoms with Gasteiger partial charge in [0.15, 0.2) is 0 Å². The zero-order valence-corrected chi connectivity index (χ0v) is 15.6. The number of nitrogens with one attached hydrogen (secondary N) is 1. The van der Waals surface area contributed by atoms with Crippen molar-refractivity contribution in [2.45, 2.75) is 30.8 Å². The van der Waals surface area contributed by atoms with Crippen LogP contribution in [0.4, 0.5) is 0 Å². The number of halogens is 1. The summed E-state index contributed by atoms with van der Waals surface area (Å²) in [5.41, 5.74) is -0.274. The van der Waals surface area contributed by atoms with Gasteiger partial charge in [-0.15, -0.1) is 22.7 Å². The van der Waals surface area contributed by atoms with Crippen molar-refractivity contribution >= 4 is 48.6 Å². The maximum absolute atomic E-state index is 12.4. The molecule has 0 atom stereocenters. The molecular formula is C13H16BrNO3S3. The van der Waals surface area contributed by atoms with E-state index in [4.69, 9.17) is 5.11 Å². The van der Waals surface area contributed by atoms with E-state index < -0.39 is 10.0 Å². The molecule has 2 N–H and O–H groups in total. The van der Waals surface area contributed by atoms with Gasteiger partial charge in [0.05, 0.1) is 10.4 Å². The van der Waals surface area contributed by atoms with Gasteiger partial charge in [-0.1, -0.05) is 19.9 Å². The first kappa shape index (κ1) is 17.1. The lowest BCUT2D eigenvalue weighted by atomic mass is 9.92. The van der Waals surface area contributed by atoms with Crippen molar-refractivity contribution in [3.8, 4) is 0 Å². The standard InChI is InChI=1S/C13H16BrNO3S3/c1-13(2,11-4-3-5-19-11)8-15-21(17,18)10-6-9(7-16)20-12(10)14/h3-6,15-16H,7-8H2,1-2H3. The summed E-state index contributed by atoms with van der Waals surface area (Å²) in [7, 11) is -3.60. The van der Waals surface area contributed by atoms with Gasteiger partial charge in [0.25, 0.3) is 0 Å². The molecule has 0 saturated heterocycles. The molecule has 0 aliphatic carbocycles. The molecule has 0 spiro atoms. The fourth-order valence-electron chi connectivity index (χ4n) is 1.76. The lowest BCUT2D eigenvalue weighted by Crippen LogP contribution is -2.36. The van der Waals surface area contributed by atoms with Crippen molar-refractivity contribution in [1.82, 2.24) is 4.72 Å². The zero-order valence-electron chi connectivity index (χ0n) is 11.6. The summed E-state index contributed by atoms with van der Waals surface area (Å²) in [4.78, 5) is 1.92. The first-order valence-electron chi connectivity index (χ1n) is 6.19. The van der Waals surface area contributed by atoms with Crippen LogP contribution in [0.2, 0.25) is 0 Å². The number of aliphatic hydroxyl groups excluding tert-OH is 1. The monoisotopic (exact) mass is 409 g/mol. The van der Waals surface area contributed by atoms with Gasteiger partial charge in [-0.2, -0.15) is 0 Å². The van der Waals surface area contributed by atoms with E-state index in [1.54, 1.807) is 11.3 Å². The minimum absolute atomic E-state index is 0.167. The second-order valence-electron chi connectivity index (χ2n) is 5.19. The van der Waals surface area contributed by atoms with Crippen LogP contribution in [-0.2, 0) is 22.0 Å². The molecule has 0 bridgehead atoms. The Kier molecular flexibility index (Phi) is 5.27. The van der Waals surface area contributed by atoms with Crippen LogP contribution in [0.3, 0.4) is 0 Å². The van der Waals surface area contributed by atoms with Crippen molar-refractivity contribution in [3.63, 3.8) is 0 Å². The van der Waals surface area contributed by atoms with Crippen molar-refractivity contribution in [1.29, 1.82) is 0 Å². The van der Waals surface area contributed by atoms with E-state index in [0.717, 1.165) is 4.88 Å². The summed E-state index contributed by atoms with van der Waals surface area (Å²) in [6.45, 7) is 4.15. The fraction of sp³-hybridized carbons (Fsp3) is 0.385. The highest BCUT2D eigenvalue weighted by Crippen LogP contribution is 2.32. The molecule has 4 nitrogen and oxygen atoms in total. The van der Waals surface area contributed by atoms with E-state index in [-0.39, 0.29) is 16.9 Å². The Hall–Kier alpha value is -0.250. The largest absolute Gasteiger partial charge is 0.391 e. The molecule has 0 fully saturated rings. The maximum Gasteiger partial charge on any atom is 0.242 e. The minimum atomic E-state index is -3.60. The smallest absolute Gasteiger partial charge is 0.242 e. The first-order valence-corrected chi connectivity index (χ1v) is 10.2. The van der Waals surface area contributed by atoms with Crippen molar-refractivity contribution < 1.29 is 13.5 Å². The molecule has 0 aromatic carbocycles. The van der Waals surface area contributed by atoms with E-state index in [1.165, 1.54) is 17.4 Å². The Bertz CT molecular complexity index is 705. The van der Waals surface area contributed by atoms with Crippen LogP contribution in [0.15, 0.2) is 32.3 Å². The topological polar surface area (TPSA) is 66.4 Å². The summed E-state index contributed by atoms with van der Waals surface area (Å²) < 4.78 is 27.9. The summed E-state index contributed by atoms with van der Waals surface area (Å²) >= 11 is 6.08. The third-order valence-corrected chi connectivity index (χ3v) is 7.92. The van der Waals surface area contributed by atoms with E-state index in [0.29, 0.717) is 15.2 Å². The Morgan fingerprint density at radius 3 is 2.67 bits per heavy atom. The van der Waals surface area contributed by atoms with E-state index in [2.05, 4.69) is 20.7 Å². The summed E-state index contributed by atoms with van der Waals surface area (Å²) in [6, 6.07) is 5.46. The van der Waals surface area contributed by atoms with Gasteiger partial charge >= 0.3 is 0 Å². The molecule has 2 aromatic heterocycles. The lowest BCUT2D eigenvalue weighted by Gasteiger charge is -2.23. The van der Waals surface area contributed by atoms with Crippen molar-refractivity contribution in [2.75, 3.05) is 6.54 Å². The molecule has 0 aliphatic rings. The molecular weight excluding hydrogens is 394 g/mol. The van der Waals surface area contributed by atoms with Gasteiger partial charge in [0, 0.05) is 21.7 Å². The number of hydrogen-bond acceptors (Lipinski definition) is 5. The molecule has 2 rings (SSSR count). The minimum Gasteiger partial charge on any atom is -0.391 e. The summed E-state index contributed by atoms with van der Waals surface area (Å²) in [5.74, 6) is 0. The van der Waals surface area contributed by atoms with Crippen LogP contribution in [0.1, 0.15) is 23.6 Å². The maximum atomic E-state index is 12.4. The highest BCUT2D eigenvalue weighted by Gasteiger charge is 2.27. The quantitative estimate of drug-likeness (QED) is 0.768. The number of aliphatic hydroxyl groups is 1. The van der Waals surface area contributed by atoms with Crippen LogP contribution >= 0.6 is 38.6 Å². The average Bonchev–Trinajstić information content (AvgIpc) is 3.06. The molecule has 0 radical (unpaired) electrons. The molecule has 0 saturated carbocycles. The number of thiophene rings is 2. The molecule has 8 heteroatoms. The predicted molar refractivity (Wildman–Crippen MR) is 90.5 cm³/mol. The van der Waals surface area contributed by atoms with Crippen LogP contribution in [0, 0.1) is 0 Å². The van der Waals surface area contributed by atoms with Gasteiger partial charge in [0.2, 0.25) is 10.0 Å². The Morgan fingerprint density at radius 1 is 1.43 bits per heavy atom. The molecule has 0 amide bonds. The predicted octanol–water partition coefficient (Wildman–Crippen LogP) is 3.32. The second-order valence-corrected chi connectivity index (χ2v) is 10.3. The van der Waals surface area contributed by atoms with Gasteiger partial charge in [0.1, 0.15) is 4.90 Å². The van der Waals surface area contributed by atoms with Crippen LogP contribution < -0.4 is 4.72 Å². The summed E-state index contributed by atoms with van der Waals surface area (Å²) in [5, 5.41) is 11.1. The number of sulfonamides is 1. The van der Waals surface area contributed by atoms with Gasteiger partial charge in [-0.3, -0.25) is 0 Å². The molecule has 2 heterocycles. The molecule has 0 unspecified atom stereocenters. The van der Waals surface area contributed by atoms with E-state index in [9.17, 15) is 8.42 Å². The van der Waals surface area contributed by atoms with E-state index in [1.807, 2.05) is 31.4 Å². The fourth-order valence-corrected chi connectivity index (χ4v) is 6.37. The van der Waals surface area contributed by atoms with Crippen molar-refractivity contribution in [2.24, 2.45) is 0 Å². The lowest BCUT2D eigenvalue weighted by molar-refractivity contribution is 0.285. The van der Waals surface area contributed by atoms with Crippen LogP contribution in [0.5, 0.6) is 0 Å². The SMILES string of the molecule is CC(C)(CNS(=O)(=O)c1cc(CO)sc1Br)c1cccs1. The number of rotatable bonds is 6. The van der Waals surface area contributed by atoms with Crippen LogP contribution in [-0.4, -0.2) is 20.1 Å². The molecule has 21 heavy (non-hydrogen) atoms. The van der Waals surface area contributed by atoms with Gasteiger partial charge < -0.3 is 5.11 Å².